The molecule has 1 nitrogen and oxygen atoms in total. The zero-order valence-corrected chi connectivity index (χ0v) is 5.54. The number of hydrogen-bond acceptors (Lipinski definition) is 1. The van der Waals surface area contributed by atoms with E-state index in [4.69, 9.17) is 5.41 Å². The molecule has 0 unspecified atom stereocenters. The fraction of sp³-hybridized carbons (Fsp3) is 0.857. The first kappa shape index (κ1) is 7.67. The molecular formula is C7H14N. The highest BCUT2D eigenvalue weighted by Gasteiger charge is 1.82. The molecule has 1 radical (unpaired) electrons. The molecule has 0 amide bonds. The second-order valence-electron chi connectivity index (χ2n) is 1.99. The van der Waals surface area contributed by atoms with Crippen LogP contribution in [0.5, 0.6) is 0 Å². The van der Waals surface area contributed by atoms with Crippen LogP contribution in [0.15, 0.2) is 0 Å². The average Bonchev–Trinajstić information content (AvgIpc) is 1.81. The Bertz CT molecular complexity index is 50.3. The first-order valence-corrected chi connectivity index (χ1v) is 3.31. The highest BCUT2D eigenvalue weighted by atomic mass is 14.3. The molecule has 0 saturated carbocycles. The largest absolute Gasteiger partial charge is 0.303 e. The molecule has 1 N–H and O–H groups in total. The molecule has 0 fully saturated rings. The molecule has 0 aliphatic heterocycles. The van der Waals surface area contributed by atoms with Crippen LogP contribution in [-0.2, 0) is 0 Å². The van der Waals surface area contributed by atoms with Crippen molar-refractivity contribution in [2.75, 3.05) is 0 Å². The number of nitrogens with one attached hydrogen (secondary N) is 1. The lowest BCUT2D eigenvalue weighted by atomic mass is 10.2. The van der Waals surface area contributed by atoms with Gasteiger partial charge < -0.3 is 5.41 Å². The van der Waals surface area contributed by atoms with Crippen LogP contribution in [0.2, 0.25) is 0 Å². The van der Waals surface area contributed by atoms with Gasteiger partial charge in [-0.1, -0.05) is 26.2 Å². The monoisotopic (exact) mass is 112 g/mol. The van der Waals surface area contributed by atoms with Gasteiger partial charge in [-0.3, -0.25) is 0 Å². The summed E-state index contributed by atoms with van der Waals surface area (Å²) in [7, 11) is 0. The SMILES string of the molecule is CCCCCC[C]=N. The Hall–Kier alpha value is -0.330. The molecule has 0 atom stereocenters. The Labute approximate surface area is 51.6 Å². The smallest absolute Gasteiger partial charge is 0.0521 e. The van der Waals surface area contributed by atoms with E-state index >= 15 is 0 Å². The Balaban J connectivity index is 2.62. The van der Waals surface area contributed by atoms with Gasteiger partial charge in [0.15, 0.2) is 0 Å². The van der Waals surface area contributed by atoms with Gasteiger partial charge in [-0.2, -0.15) is 0 Å². The van der Waals surface area contributed by atoms with Crippen molar-refractivity contribution >= 4 is 6.21 Å². The van der Waals surface area contributed by atoms with Gasteiger partial charge in [-0.15, -0.1) is 0 Å². The first-order valence-electron chi connectivity index (χ1n) is 3.31. The Kier molecular flexibility index (Phi) is 6.39. The van der Waals surface area contributed by atoms with Crippen molar-refractivity contribution in [2.45, 2.75) is 39.0 Å². The van der Waals surface area contributed by atoms with Crippen LogP contribution in [-0.4, -0.2) is 6.21 Å². The molecule has 0 aromatic carbocycles. The molecule has 0 heterocycles. The summed E-state index contributed by atoms with van der Waals surface area (Å²) in [6, 6.07) is 0. The van der Waals surface area contributed by atoms with E-state index in [1.807, 2.05) is 0 Å². The van der Waals surface area contributed by atoms with Crippen LogP contribution in [0.4, 0.5) is 0 Å². The highest BCUT2D eigenvalue weighted by molar-refractivity contribution is 5.52. The molecule has 1 heteroatoms. The van der Waals surface area contributed by atoms with E-state index in [0.29, 0.717) is 0 Å². The summed E-state index contributed by atoms with van der Waals surface area (Å²) in [4.78, 5) is 0. The zero-order chi connectivity index (χ0) is 6.24. The van der Waals surface area contributed by atoms with E-state index < -0.39 is 0 Å². The molecule has 0 aromatic heterocycles. The topological polar surface area (TPSA) is 23.9 Å². The van der Waals surface area contributed by atoms with Gasteiger partial charge in [-0.05, 0) is 12.8 Å². The van der Waals surface area contributed by atoms with Crippen molar-refractivity contribution in [3.8, 4) is 0 Å². The minimum Gasteiger partial charge on any atom is -0.303 e. The first-order chi connectivity index (χ1) is 3.91. The summed E-state index contributed by atoms with van der Waals surface area (Å²) in [6.45, 7) is 2.19. The van der Waals surface area contributed by atoms with E-state index in [-0.39, 0.29) is 0 Å². The summed E-state index contributed by atoms with van der Waals surface area (Å²) < 4.78 is 0. The van der Waals surface area contributed by atoms with E-state index in [9.17, 15) is 0 Å². The molecule has 0 spiro atoms. The third kappa shape index (κ3) is 5.67. The summed E-state index contributed by atoms with van der Waals surface area (Å²) in [5.41, 5.74) is 0. The van der Waals surface area contributed by atoms with Crippen LogP contribution in [0.3, 0.4) is 0 Å². The van der Waals surface area contributed by atoms with E-state index in [1.165, 1.54) is 19.3 Å². The van der Waals surface area contributed by atoms with Gasteiger partial charge in [0, 0.05) is 0 Å². The molecule has 0 rings (SSSR count). The molecule has 0 saturated heterocycles. The van der Waals surface area contributed by atoms with Gasteiger partial charge in [-0.25, -0.2) is 0 Å². The third-order valence-electron chi connectivity index (χ3n) is 1.16. The van der Waals surface area contributed by atoms with Crippen LogP contribution in [0.25, 0.3) is 0 Å². The second-order valence-corrected chi connectivity index (χ2v) is 1.99. The summed E-state index contributed by atoms with van der Waals surface area (Å²) >= 11 is 0. The molecule has 0 aliphatic rings. The summed E-state index contributed by atoms with van der Waals surface area (Å²) in [5.74, 6) is 0. The van der Waals surface area contributed by atoms with Gasteiger partial charge >= 0.3 is 0 Å². The van der Waals surface area contributed by atoms with Crippen LogP contribution in [0, 0.1) is 5.41 Å². The molecular weight excluding hydrogens is 98.1 g/mol. The minimum atomic E-state index is 0.847. The van der Waals surface area contributed by atoms with Crippen molar-refractivity contribution in [1.82, 2.24) is 0 Å². The van der Waals surface area contributed by atoms with Gasteiger partial charge in [0.25, 0.3) is 0 Å². The fourth-order valence-corrected chi connectivity index (χ4v) is 0.640. The average molecular weight is 112 g/mol. The lowest BCUT2D eigenvalue weighted by molar-refractivity contribution is 0.685. The zero-order valence-electron chi connectivity index (χ0n) is 5.54. The summed E-state index contributed by atoms with van der Waals surface area (Å²) in [6.07, 6.45) is 8.22. The maximum atomic E-state index is 6.59. The van der Waals surface area contributed by atoms with Crippen LogP contribution in [0.1, 0.15) is 39.0 Å². The second kappa shape index (κ2) is 6.67. The maximum absolute atomic E-state index is 6.59. The van der Waals surface area contributed by atoms with Crippen LogP contribution >= 0.6 is 0 Å². The van der Waals surface area contributed by atoms with E-state index in [2.05, 4.69) is 13.1 Å². The van der Waals surface area contributed by atoms with Gasteiger partial charge in [0.2, 0.25) is 0 Å². The maximum Gasteiger partial charge on any atom is 0.0521 e. The van der Waals surface area contributed by atoms with Crippen molar-refractivity contribution in [1.29, 1.82) is 5.41 Å². The molecule has 0 aliphatic carbocycles. The van der Waals surface area contributed by atoms with E-state index in [1.54, 1.807) is 0 Å². The molecule has 0 bridgehead atoms. The van der Waals surface area contributed by atoms with Gasteiger partial charge in [0.05, 0.1) is 6.21 Å². The minimum absolute atomic E-state index is 0.847. The Morgan fingerprint density at radius 3 is 2.50 bits per heavy atom. The lowest BCUT2D eigenvalue weighted by Gasteiger charge is -1.90. The summed E-state index contributed by atoms with van der Waals surface area (Å²) in [5, 5.41) is 6.59. The number of unbranched alkanes of at least 4 members (excludes halogenated alkanes) is 4. The van der Waals surface area contributed by atoms with Crippen LogP contribution < -0.4 is 0 Å². The Morgan fingerprint density at radius 1 is 1.25 bits per heavy atom. The number of rotatable bonds is 5. The van der Waals surface area contributed by atoms with Crippen molar-refractivity contribution in [3.63, 3.8) is 0 Å². The lowest BCUT2D eigenvalue weighted by Crippen LogP contribution is -1.75. The number of hydrogen-bond donors (Lipinski definition) is 1. The van der Waals surface area contributed by atoms with Crippen molar-refractivity contribution in [2.24, 2.45) is 0 Å². The quantitative estimate of drug-likeness (QED) is 0.417. The molecule has 47 valence electrons. The van der Waals surface area contributed by atoms with Crippen molar-refractivity contribution < 1.29 is 0 Å². The molecule has 0 aromatic rings. The third-order valence-corrected chi connectivity index (χ3v) is 1.16. The molecule has 8 heavy (non-hydrogen) atoms. The highest BCUT2D eigenvalue weighted by Crippen LogP contribution is 1.99. The Morgan fingerprint density at radius 2 is 2.00 bits per heavy atom. The standard InChI is InChI=1S/C7H14N/c1-2-3-4-5-6-7-8/h8H,2-6H2,1H3. The van der Waals surface area contributed by atoms with Crippen molar-refractivity contribution in [3.05, 3.63) is 0 Å². The normalized spacial score (nSPS) is 9.12. The van der Waals surface area contributed by atoms with E-state index in [0.717, 1.165) is 12.8 Å². The predicted molar refractivity (Wildman–Crippen MR) is 36.5 cm³/mol. The fourth-order valence-electron chi connectivity index (χ4n) is 0.640. The van der Waals surface area contributed by atoms with Gasteiger partial charge in [0.1, 0.15) is 0 Å². The predicted octanol–water partition coefficient (Wildman–Crippen LogP) is 2.48.